The number of fused-ring (bicyclic) bond motifs is 1. The van der Waals surface area contributed by atoms with E-state index in [1.165, 1.54) is 0 Å². The van der Waals surface area contributed by atoms with Gasteiger partial charge in [-0.05, 0) is 37.7 Å². The largest absolute Gasteiger partial charge is 0.508 e. The summed E-state index contributed by atoms with van der Waals surface area (Å²) in [5, 5.41) is 13.8. The van der Waals surface area contributed by atoms with Gasteiger partial charge in [-0.25, -0.2) is 0 Å². The second-order valence-corrected chi connectivity index (χ2v) is 3.29. The lowest BCUT2D eigenvalue weighted by atomic mass is 10.1. The monoisotopic (exact) mass is 191 g/mol. The molecule has 0 aliphatic heterocycles. The van der Waals surface area contributed by atoms with Crippen molar-refractivity contribution in [3.05, 3.63) is 30.0 Å². The lowest BCUT2D eigenvalue weighted by Crippen LogP contribution is -2.10. The Labute approximate surface area is 82.3 Å². The number of phenols is 1. The first kappa shape index (κ1) is 9.09. The van der Waals surface area contributed by atoms with Gasteiger partial charge in [-0.1, -0.05) is 0 Å². The third-order valence-electron chi connectivity index (χ3n) is 2.30. The topological polar surface area (TPSA) is 45.4 Å². The molecular formula is C11H13NO2. The van der Waals surface area contributed by atoms with Crippen LogP contribution in [0.5, 0.6) is 5.75 Å². The maximum atomic E-state index is 9.67. The van der Waals surface area contributed by atoms with Gasteiger partial charge in [-0.2, -0.15) is 0 Å². The van der Waals surface area contributed by atoms with Gasteiger partial charge in [0, 0.05) is 11.5 Å². The van der Waals surface area contributed by atoms with Gasteiger partial charge in [0.05, 0.1) is 6.26 Å². The van der Waals surface area contributed by atoms with Crippen LogP contribution in [-0.4, -0.2) is 18.7 Å². The molecule has 2 rings (SSSR count). The minimum absolute atomic E-state index is 0.308. The first-order valence-electron chi connectivity index (χ1n) is 4.65. The van der Waals surface area contributed by atoms with Crippen LogP contribution in [0.25, 0.3) is 11.0 Å². The summed E-state index contributed by atoms with van der Waals surface area (Å²) in [5.41, 5.74) is 1.68. The summed E-state index contributed by atoms with van der Waals surface area (Å²) in [7, 11) is 1.90. The Kier molecular flexibility index (Phi) is 2.41. The number of rotatable bonds is 3. The van der Waals surface area contributed by atoms with Crippen molar-refractivity contribution in [2.75, 3.05) is 13.6 Å². The molecule has 3 heteroatoms. The van der Waals surface area contributed by atoms with E-state index in [0.717, 1.165) is 29.5 Å². The average molecular weight is 191 g/mol. The lowest BCUT2D eigenvalue weighted by molar-refractivity contribution is 0.466. The Bertz CT molecular complexity index is 434. The molecule has 0 spiro atoms. The van der Waals surface area contributed by atoms with Gasteiger partial charge in [0.2, 0.25) is 0 Å². The van der Waals surface area contributed by atoms with Crippen molar-refractivity contribution in [1.29, 1.82) is 0 Å². The molecule has 0 aliphatic carbocycles. The van der Waals surface area contributed by atoms with Crippen molar-refractivity contribution in [3.8, 4) is 5.75 Å². The number of benzene rings is 1. The van der Waals surface area contributed by atoms with Crippen molar-refractivity contribution in [2.45, 2.75) is 6.42 Å². The maximum absolute atomic E-state index is 9.67. The van der Waals surface area contributed by atoms with Gasteiger partial charge in [-0.3, -0.25) is 0 Å². The fourth-order valence-electron chi connectivity index (χ4n) is 1.51. The van der Waals surface area contributed by atoms with Gasteiger partial charge in [0.25, 0.3) is 0 Å². The Morgan fingerprint density at radius 1 is 1.43 bits per heavy atom. The van der Waals surface area contributed by atoms with Crippen molar-refractivity contribution in [2.24, 2.45) is 0 Å². The summed E-state index contributed by atoms with van der Waals surface area (Å²) in [6, 6.07) is 5.53. The molecule has 3 nitrogen and oxygen atoms in total. The number of nitrogens with one attached hydrogen (secondary N) is 1. The first-order valence-corrected chi connectivity index (χ1v) is 4.65. The standard InChI is InChI=1S/C11H13NO2/c1-12-4-2-8-6-9-3-5-14-11(9)7-10(8)13/h3,5-7,12-13H,2,4H2,1H3. The van der Waals surface area contributed by atoms with Crippen LogP contribution in [-0.2, 0) is 6.42 Å². The molecule has 0 amide bonds. The summed E-state index contributed by atoms with van der Waals surface area (Å²) < 4.78 is 5.18. The molecule has 1 aromatic heterocycles. The third-order valence-corrected chi connectivity index (χ3v) is 2.30. The van der Waals surface area contributed by atoms with Crippen LogP contribution in [0, 0.1) is 0 Å². The molecule has 14 heavy (non-hydrogen) atoms. The SMILES string of the molecule is CNCCc1cc2ccoc2cc1O. The predicted molar refractivity (Wildman–Crippen MR) is 55.5 cm³/mol. The van der Waals surface area contributed by atoms with Gasteiger partial charge in [0.15, 0.2) is 0 Å². The van der Waals surface area contributed by atoms with Crippen LogP contribution >= 0.6 is 0 Å². The molecule has 0 bridgehead atoms. The summed E-state index contributed by atoms with van der Waals surface area (Å²) in [4.78, 5) is 0. The highest BCUT2D eigenvalue weighted by Crippen LogP contribution is 2.25. The van der Waals surface area contributed by atoms with E-state index in [1.54, 1.807) is 12.3 Å². The fraction of sp³-hybridized carbons (Fsp3) is 0.273. The molecule has 2 N–H and O–H groups in total. The number of aromatic hydroxyl groups is 1. The van der Waals surface area contributed by atoms with Crippen LogP contribution in [0.3, 0.4) is 0 Å². The molecule has 1 heterocycles. The summed E-state index contributed by atoms with van der Waals surface area (Å²) in [6.07, 6.45) is 2.45. The Morgan fingerprint density at radius 2 is 2.29 bits per heavy atom. The zero-order valence-electron chi connectivity index (χ0n) is 8.08. The number of furan rings is 1. The lowest BCUT2D eigenvalue weighted by Gasteiger charge is -2.03. The molecule has 0 fully saturated rings. The fourth-order valence-corrected chi connectivity index (χ4v) is 1.51. The van der Waals surface area contributed by atoms with E-state index in [2.05, 4.69) is 5.32 Å². The maximum Gasteiger partial charge on any atom is 0.137 e. The van der Waals surface area contributed by atoms with E-state index in [4.69, 9.17) is 4.42 Å². The van der Waals surface area contributed by atoms with E-state index in [9.17, 15) is 5.11 Å². The second kappa shape index (κ2) is 3.72. The molecule has 1 aromatic carbocycles. The van der Waals surface area contributed by atoms with Gasteiger partial charge in [0.1, 0.15) is 11.3 Å². The summed E-state index contributed by atoms with van der Waals surface area (Å²) in [5.74, 6) is 0.308. The third kappa shape index (κ3) is 1.59. The van der Waals surface area contributed by atoms with Crippen LogP contribution in [0.4, 0.5) is 0 Å². The number of hydrogen-bond acceptors (Lipinski definition) is 3. The Morgan fingerprint density at radius 3 is 3.07 bits per heavy atom. The number of hydrogen-bond donors (Lipinski definition) is 2. The van der Waals surface area contributed by atoms with Crippen LogP contribution in [0.2, 0.25) is 0 Å². The zero-order valence-corrected chi connectivity index (χ0v) is 8.08. The summed E-state index contributed by atoms with van der Waals surface area (Å²) in [6.45, 7) is 0.858. The van der Waals surface area contributed by atoms with Crippen LogP contribution in [0.15, 0.2) is 28.9 Å². The van der Waals surface area contributed by atoms with Gasteiger partial charge in [-0.15, -0.1) is 0 Å². The first-order chi connectivity index (χ1) is 6.81. The number of phenolic OH excluding ortho intramolecular Hbond substituents is 1. The second-order valence-electron chi connectivity index (χ2n) is 3.29. The highest BCUT2D eigenvalue weighted by molar-refractivity contribution is 5.79. The minimum Gasteiger partial charge on any atom is -0.508 e. The van der Waals surface area contributed by atoms with Crippen molar-refractivity contribution in [3.63, 3.8) is 0 Å². The Balaban J connectivity index is 2.38. The van der Waals surface area contributed by atoms with Crippen LogP contribution < -0.4 is 5.32 Å². The normalized spacial score (nSPS) is 10.9. The molecule has 0 aliphatic rings. The molecule has 74 valence electrons. The molecular weight excluding hydrogens is 178 g/mol. The highest BCUT2D eigenvalue weighted by Gasteiger charge is 2.04. The molecule has 2 aromatic rings. The van der Waals surface area contributed by atoms with Gasteiger partial charge < -0.3 is 14.8 Å². The van der Waals surface area contributed by atoms with E-state index < -0.39 is 0 Å². The predicted octanol–water partition coefficient (Wildman–Crippen LogP) is 1.90. The molecule has 0 atom stereocenters. The van der Waals surface area contributed by atoms with Gasteiger partial charge >= 0.3 is 0 Å². The Hall–Kier alpha value is -1.48. The quantitative estimate of drug-likeness (QED) is 0.778. The highest BCUT2D eigenvalue weighted by atomic mass is 16.3. The number of likely N-dealkylation sites (N-methyl/N-ethyl adjacent to an activating group) is 1. The van der Waals surface area contributed by atoms with E-state index in [0.29, 0.717) is 5.75 Å². The smallest absolute Gasteiger partial charge is 0.137 e. The zero-order chi connectivity index (χ0) is 9.97. The van der Waals surface area contributed by atoms with E-state index >= 15 is 0 Å². The molecule has 0 unspecified atom stereocenters. The van der Waals surface area contributed by atoms with Crippen molar-refractivity contribution >= 4 is 11.0 Å². The van der Waals surface area contributed by atoms with Crippen molar-refractivity contribution < 1.29 is 9.52 Å². The van der Waals surface area contributed by atoms with E-state index in [1.807, 2.05) is 19.2 Å². The van der Waals surface area contributed by atoms with Crippen LogP contribution in [0.1, 0.15) is 5.56 Å². The minimum atomic E-state index is 0.308. The molecule has 0 radical (unpaired) electrons. The molecule has 0 saturated heterocycles. The van der Waals surface area contributed by atoms with Crippen molar-refractivity contribution in [1.82, 2.24) is 5.32 Å². The molecule has 0 saturated carbocycles. The summed E-state index contributed by atoms with van der Waals surface area (Å²) >= 11 is 0. The van der Waals surface area contributed by atoms with E-state index in [-0.39, 0.29) is 0 Å². The average Bonchev–Trinajstić information content (AvgIpc) is 2.61.